The van der Waals surface area contributed by atoms with Gasteiger partial charge in [0, 0.05) is 32.7 Å². The van der Waals surface area contributed by atoms with Gasteiger partial charge in [0.15, 0.2) is 11.5 Å². The number of hydrogen-bond acceptors (Lipinski definition) is 7. The van der Waals surface area contributed by atoms with Crippen molar-refractivity contribution in [2.75, 3.05) is 38.2 Å². The van der Waals surface area contributed by atoms with Crippen LogP contribution >= 0.6 is 0 Å². The quantitative estimate of drug-likeness (QED) is 0.708. The summed E-state index contributed by atoms with van der Waals surface area (Å²) < 4.78 is 6.71. The molecule has 8 heteroatoms. The van der Waals surface area contributed by atoms with E-state index in [-0.39, 0.29) is 0 Å². The van der Waals surface area contributed by atoms with Crippen LogP contribution in [0.1, 0.15) is 12.0 Å². The minimum atomic E-state index is 0.666. The van der Waals surface area contributed by atoms with E-state index in [1.165, 1.54) is 10.2 Å². The number of benzene rings is 1. The van der Waals surface area contributed by atoms with E-state index in [0.29, 0.717) is 5.65 Å². The highest BCUT2D eigenvalue weighted by molar-refractivity contribution is 5.44. The molecule has 0 spiro atoms. The Hall–Kier alpha value is -2.74. The summed E-state index contributed by atoms with van der Waals surface area (Å²) in [6, 6.07) is 12.2. The lowest BCUT2D eigenvalue weighted by molar-refractivity contribution is 0.285. The highest BCUT2D eigenvalue weighted by atomic mass is 16.5. The van der Waals surface area contributed by atoms with E-state index < -0.39 is 0 Å². The Morgan fingerprint density at radius 1 is 1.00 bits per heavy atom. The highest BCUT2D eigenvalue weighted by Crippen LogP contribution is 2.17. The summed E-state index contributed by atoms with van der Waals surface area (Å²) in [5.74, 6) is 1.82. The zero-order chi connectivity index (χ0) is 17.1. The largest absolute Gasteiger partial charge is 0.497 e. The molecule has 130 valence electrons. The maximum absolute atomic E-state index is 5.22. The molecule has 3 heterocycles. The van der Waals surface area contributed by atoms with Gasteiger partial charge in [0.1, 0.15) is 5.75 Å². The molecule has 2 aromatic heterocycles. The Morgan fingerprint density at radius 3 is 2.72 bits per heavy atom. The fraction of sp³-hybridized carbons (Fsp3) is 0.412. The monoisotopic (exact) mass is 339 g/mol. The number of nitrogens with zero attached hydrogens (tertiary/aromatic N) is 7. The average molecular weight is 339 g/mol. The molecule has 25 heavy (non-hydrogen) atoms. The summed E-state index contributed by atoms with van der Waals surface area (Å²) in [5.41, 5.74) is 1.97. The Balaban J connectivity index is 1.40. The molecule has 1 fully saturated rings. The first kappa shape index (κ1) is 15.8. The van der Waals surface area contributed by atoms with Crippen molar-refractivity contribution in [3.63, 3.8) is 0 Å². The van der Waals surface area contributed by atoms with Gasteiger partial charge < -0.3 is 9.64 Å². The number of fused-ring (bicyclic) bond motifs is 1. The molecule has 0 unspecified atom stereocenters. The van der Waals surface area contributed by atoms with Gasteiger partial charge in [-0.2, -0.15) is 0 Å². The molecule has 0 N–H and O–H groups in total. The summed E-state index contributed by atoms with van der Waals surface area (Å²) in [6.07, 6.45) is 1.10. The second kappa shape index (κ2) is 7.02. The normalized spacial score (nSPS) is 16.1. The first-order chi connectivity index (χ1) is 12.3. The van der Waals surface area contributed by atoms with E-state index in [4.69, 9.17) is 4.74 Å². The summed E-state index contributed by atoms with van der Waals surface area (Å²) >= 11 is 0. The average Bonchev–Trinajstić information content (AvgIpc) is 3.00. The molecule has 3 aromatic rings. The topological polar surface area (TPSA) is 71.7 Å². The molecule has 1 aliphatic heterocycles. The highest BCUT2D eigenvalue weighted by Gasteiger charge is 2.17. The van der Waals surface area contributed by atoms with Gasteiger partial charge in [0.25, 0.3) is 0 Å². The minimum Gasteiger partial charge on any atom is -0.497 e. The summed E-state index contributed by atoms with van der Waals surface area (Å²) in [4.78, 5) is 4.78. The number of methoxy groups -OCH3 is 1. The summed E-state index contributed by atoms with van der Waals surface area (Å²) in [6.45, 7) is 4.96. The van der Waals surface area contributed by atoms with Crippen molar-refractivity contribution in [1.29, 1.82) is 0 Å². The van der Waals surface area contributed by atoms with E-state index in [2.05, 4.69) is 42.6 Å². The first-order valence-corrected chi connectivity index (χ1v) is 8.47. The number of ether oxygens (including phenoxy) is 1. The van der Waals surface area contributed by atoms with Crippen LogP contribution in [-0.2, 0) is 6.54 Å². The fourth-order valence-electron chi connectivity index (χ4n) is 3.16. The van der Waals surface area contributed by atoms with Crippen LogP contribution in [0.5, 0.6) is 5.75 Å². The van der Waals surface area contributed by atoms with Gasteiger partial charge in [0.2, 0.25) is 0 Å². The summed E-state index contributed by atoms with van der Waals surface area (Å²) in [5, 5.41) is 15.9. The fourth-order valence-corrected chi connectivity index (χ4v) is 3.16. The molecule has 4 rings (SSSR count). The molecule has 0 bridgehead atoms. The van der Waals surface area contributed by atoms with Gasteiger partial charge in [-0.3, -0.25) is 4.90 Å². The van der Waals surface area contributed by atoms with Crippen LogP contribution in [0.2, 0.25) is 0 Å². The standard InChI is InChI=1S/C17H21N7O/c1-25-15-5-3-14(4-6-15)13-22-9-2-10-23(12-11-22)17-8-7-16-18-20-21-24(16)19-17/h3-8H,2,9-13H2,1H3. The van der Waals surface area contributed by atoms with Crippen molar-refractivity contribution in [1.82, 2.24) is 30.2 Å². The van der Waals surface area contributed by atoms with E-state index >= 15 is 0 Å². The third-order valence-corrected chi connectivity index (χ3v) is 4.53. The Kier molecular flexibility index (Phi) is 4.43. The van der Waals surface area contributed by atoms with E-state index in [1.807, 2.05) is 24.3 Å². The lowest BCUT2D eigenvalue weighted by Gasteiger charge is -2.22. The van der Waals surface area contributed by atoms with Crippen LogP contribution in [0, 0.1) is 0 Å². The lowest BCUT2D eigenvalue weighted by Crippen LogP contribution is -2.31. The molecule has 1 aliphatic rings. The van der Waals surface area contributed by atoms with E-state index in [0.717, 1.165) is 50.7 Å². The minimum absolute atomic E-state index is 0.666. The molecule has 0 radical (unpaired) electrons. The van der Waals surface area contributed by atoms with Crippen molar-refractivity contribution in [2.45, 2.75) is 13.0 Å². The molecular formula is C17H21N7O. The Morgan fingerprint density at radius 2 is 1.88 bits per heavy atom. The predicted octanol–water partition coefficient (Wildman–Crippen LogP) is 1.24. The SMILES string of the molecule is COc1ccc(CN2CCCN(c3ccc4nnnn4n3)CC2)cc1. The van der Waals surface area contributed by atoms with Crippen molar-refractivity contribution in [3.8, 4) is 5.75 Å². The smallest absolute Gasteiger partial charge is 0.200 e. The molecule has 0 saturated carbocycles. The Bertz CT molecular complexity index is 832. The van der Waals surface area contributed by atoms with E-state index in [1.54, 1.807) is 7.11 Å². The molecular weight excluding hydrogens is 318 g/mol. The zero-order valence-electron chi connectivity index (χ0n) is 14.2. The maximum Gasteiger partial charge on any atom is 0.200 e. The third-order valence-electron chi connectivity index (χ3n) is 4.53. The van der Waals surface area contributed by atoms with E-state index in [9.17, 15) is 0 Å². The van der Waals surface area contributed by atoms with Crippen LogP contribution in [0.25, 0.3) is 5.65 Å². The number of rotatable bonds is 4. The second-order valence-electron chi connectivity index (χ2n) is 6.18. The number of tetrazole rings is 1. The van der Waals surface area contributed by atoms with Crippen molar-refractivity contribution >= 4 is 11.5 Å². The second-order valence-corrected chi connectivity index (χ2v) is 6.18. The van der Waals surface area contributed by atoms with Crippen LogP contribution < -0.4 is 9.64 Å². The zero-order valence-corrected chi connectivity index (χ0v) is 14.2. The van der Waals surface area contributed by atoms with Gasteiger partial charge in [-0.1, -0.05) is 12.1 Å². The van der Waals surface area contributed by atoms with Crippen LogP contribution in [0.3, 0.4) is 0 Å². The molecule has 8 nitrogen and oxygen atoms in total. The van der Waals surface area contributed by atoms with Crippen molar-refractivity contribution in [2.24, 2.45) is 0 Å². The van der Waals surface area contributed by atoms with Crippen LogP contribution in [0.4, 0.5) is 5.82 Å². The molecule has 0 aliphatic carbocycles. The Labute approximate surface area is 146 Å². The van der Waals surface area contributed by atoms with Crippen LogP contribution in [-0.4, -0.2) is 63.4 Å². The van der Waals surface area contributed by atoms with Gasteiger partial charge in [-0.05, 0) is 46.7 Å². The lowest BCUT2D eigenvalue weighted by atomic mass is 10.2. The third kappa shape index (κ3) is 3.53. The van der Waals surface area contributed by atoms with Gasteiger partial charge in [-0.25, -0.2) is 0 Å². The molecule has 0 atom stereocenters. The van der Waals surface area contributed by atoms with Crippen LogP contribution in [0.15, 0.2) is 36.4 Å². The number of aromatic nitrogens is 5. The number of hydrogen-bond donors (Lipinski definition) is 0. The molecule has 1 saturated heterocycles. The van der Waals surface area contributed by atoms with Gasteiger partial charge in [-0.15, -0.1) is 14.8 Å². The van der Waals surface area contributed by atoms with Crippen molar-refractivity contribution in [3.05, 3.63) is 42.0 Å². The number of anilines is 1. The molecule has 1 aromatic carbocycles. The maximum atomic E-state index is 5.22. The van der Waals surface area contributed by atoms with Crippen molar-refractivity contribution < 1.29 is 4.74 Å². The van der Waals surface area contributed by atoms with Gasteiger partial charge in [0.05, 0.1) is 7.11 Å². The first-order valence-electron chi connectivity index (χ1n) is 8.47. The van der Waals surface area contributed by atoms with Gasteiger partial charge >= 0.3 is 0 Å². The predicted molar refractivity (Wildman–Crippen MR) is 93.7 cm³/mol. The molecule has 0 amide bonds. The summed E-state index contributed by atoms with van der Waals surface area (Å²) in [7, 11) is 1.69.